The number of hydrogen-bond donors (Lipinski definition) is 0. The Hall–Kier alpha value is -3.66. The molecule has 36 heavy (non-hydrogen) atoms. The molecule has 0 aromatic heterocycles. The Bertz CT molecular complexity index is 1450. The van der Waals surface area contributed by atoms with Gasteiger partial charge in [-0.1, -0.05) is 62.4 Å². The molecule has 0 saturated carbocycles. The molecule has 1 atom stereocenters. The van der Waals surface area contributed by atoms with Gasteiger partial charge >= 0.3 is 0 Å². The van der Waals surface area contributed by atoms with Gasteiger partial charge in [0, 0.05) is 42.1 Å². The number of benzene rings is 3. The Morgan fingerprint density at radius 3 is 2.14 bits per heavy atom. The monoisotopic (exact) mass is 478 g/mol. The summed E-state index contributed by atoms with van der Waals surface area (Å²) in [6.45, 7) is 9.17. The van der Waals surface area contributed by atoms with E-state index in [0.29, 0.717) is 0 Å². The number of fused-ring (bicyclic) bond motifs is 3. The van der Waals surface area contributed by atoms with Crippen LogP contribution in [0, 0.1) is 0 Å². The first-order chi connectivity index (χ1) is 17.1. The summed E-state index contributed by atoms with van der Waals surface area (Å²) in [6, 6.07) is 23.5. The predicted molar refractivity (Wildman–Crippen MR) is 148 cm³/mol. The molecular weight excluding hydrogens is 444 g/mol. The molecule has 4 nitrogen and oxygen atoms in total. The van der Waals surface area contributed by atoms with Gasteiger partial charge in [0.05, 0.1) is 12.5 Å². The zero-order valence-electron chi connectivity index (χ0n) is 22.2. The first kappa shape index (κ1) is 22.8. The maximum absolute atomic E-state index is 7.03. The second kappa shape index (κ2) is 7.42. The van der Waals surface area contributed by atoms with Crippen LogP contribution in [0.5, 0.6) is 11.5 Å². The van der Waals surface area contributed by atoms with E-state index in [2.05, 4.69) is 118 Å². The first-order valence-corrected chi connectivity index (χ1v) is 12.6. The van der Waals surface area contributed by atoms with Crippen molar-refractivity contribution in [2.75, 3.05) is 31.0 Å². The van der Waals surface area contributed by atoms with Gasteiger partial charge in [-0.05, 0) is 60.9 Å². The van der Waals surface area contributed by atoms with Gasteiger partial charge in [-0.3, -0.25) is 0 Å². The normalized spacial score (nSPS) is 23.8. The number of anilines is 2. The molecule has 0 fully saturated rings. The van der Waals surface area contributed by atoms with Crippen molar-refractivity contribution in [1.29, 1.82) is 0 Å². The minimum absolute atomic E-state index is 0.128. The highest BCUT2D eigenvalue weighted by Gasteiger charge is 2.58. The van der Waals surface area contributed by atoms with Crippen molar-refractivity contribution in [2.45, 2.75) is 44.2 Å². The lowest BCUT2D eigenvalue weighted by atomic mass is 9.75. The van der Waals surface area contributed by atoms with Crippen LogP contribution in [0.4, 0.5) is 11.4 Å². The van der Waals surface area contributed by atoms with E-state index < -0.39 is 5.72 Å². The summed E-state index contributed by atoms with van der Waals surface area (Å²) in [6.07, 6.45) is 4.68. The van der Waals surface area contributed by atoms with Crippen molar-refractivity contribution in [3.05, 3.63) is 101 Å². The van der Waals surface area contributed by atoms with E-state index in [-0.39, 0.29) is 10.8 Å². The SMILES string of the molecule is COc1cccc2c1OC1(C=C2/C=C2/N(C)c3ccccc3C2(C)C)N(C)c2ccccc2C1(C)C. The minimum atomic E-state index is -0.709. The molecule has 3 aromatic rings. The molecule has 0 N–H and O–H groups in total. The summed E-state index contributed by atoms with van der Waals surface area (Å²) in [4.78, 5) is 4.62. The second-order valence-corrected chi connectivity index (χ2v) is 11.2. The van der Waals surface area contributed by atoms with E-state index in [1.807, 2.05) is 12.1 Å². The van der Waals surface area contributed by atoms with E-state index in [4.69, 9.17) is 9.47 Å². The van der Waals surface area contributed by atoms with Crippen molar-refractivity contribution in [3.63, 3.8) is 0 Å². The highest BCUT2D eigenvalue weighted by atomic mass is 16.5. The molecule has 0 radical (unpaired) electrons. The number of ether oxygens (including phenoxy) is 2. The quantitative estimate of drug-likeness (QED) is 0.400. The summed E-state index contributed by atoms with van der Waals surface area (Å²) in [5.74, 6) is 1.54. The number of rotatable bonds is 2. The number of likely N-dealkylation sites (N-methyl/N-ethyl adjacent to an activating group) is 2. The fourth-order valence-electron chi connectivity index (χ4n) is 6.57. The first-order valence-electron chi connectivity index (χ1n) is 12.6. The molecule has 0 aliphatic carbocycles. The topological polar surface area (TPSA) is 24.9 Å². The van der Waals surface area contributed by atoms with Gasteiger partial charge in [0.1, 0.15) is 0 Å². The molecule has 1 spiro atoms. The number of methoxy groups -OCH3 is 1. The van der Waals surface area contributed by atoms with E-state index in [1.54, 1.807) is 7.11 Å². The molecule has 6 rings (SSSR count). The molecule has 3 aliphatic rings. The van der Waals surface area contributed by atoms with Crippen LogP contribution >= 0.6 is 0 Å². The maximum Gasteiger partial charge on any atom is 0.212 e. The lowest BCUT2D eigenvalue weighted by Gasteiger charge is -2.47. The lowest BCUT2D eigenvalue weighted by molar-refractivity contribution is 0.0546. The number of nitrogens with zero attached hydrogens (tertiary/aromatic N) is 2. The van der Waals surface area contributed by atoms with Crippen LogP contribution in [0.25, 0.3) is 5.57 Å². The fraction of sp³-hybridized carbons (Fsp3) is 0.312. The maximum atomic E-state index is 7.03. The van der Waals surface area contributed by atoms with Gasteiger partial charge in [-0.25, -0.2) is 0 Å². The lowest BCUT2D eigenvalue weighted by Crippen LogP contribution is -2.58. The molecule has 3 aliphatic heterocycles. The van der Waals surface area contributed by atoms with Gasteiger partial charge in [-0.15, -0.1) is 0 Å². The molecule has 3 aromatic carbocycles. The van der Waals surface area contributed by atoms with E-state index in [1.165, 1.54) is 28.2 Å². The van der Waals surface area contributed by atoms with Crippen molar-refractivity contribution in [2.24, 2.45) is 0 Å². The Morgan fingerprint density at radius 2 is 1.47 bits per heavy atom. The third-order valence-electron chi connectivity index (χ3n) is 8.68. The Balaban J connectivity index is 1.61. The highest BCUT2D eigenvalue weighted by molar-refractivity contribution is 5.87. The van der Waals surface area contributed by atoms with Gasteiger partial charge < -0.3 is 19.3 Å². The summed E-state index contributed by atoms with van der Waals surface area (Å²) >= 11 is 0. The third-order valence-corrected chi connectivity index (χ3v) is 8.68. The van der Waals surface area contributed by atoms with Crippen LogP contribution in [0.1, 0.15) is 44.4 Å². The smallest absolute Gasteiger partial charge is 0.212 e. The number of hydrogen-bond acceptors (Lipinski definition) is 4. The molecule has 1 unspecified atom stereocenters. The van der Waals surface area contributed by atoms with Crippen LogP contribution in [-0.2, 0) is 10.8 Å². The standard InChI is InChI=1S/C32H34N2O2/c1-30(2)23-14-8-10-16-25(23)33(5)28(30)19-21-20-32(36-29-22(21)13-12-18-27(29)35-7)31(3,4)24-15-9-11-17-26(24)34(32)6/h8-20H,1-7H3/b28-19+. The fourth-order valence-corrected chi connectivity index (χ4v) is 6.57. The van der Waals surface area contributed by atoms with Gasteiger partial charge in [0.2, 0.25) is 5.72 Å². The van der Waals surface area contributed by atoms with Gasteiger partial charge in [0.25, 0.3) is 0 Å². The van der Waals surface area contributed by atoms with E-state index >= 15 is 0 Å². The van der Waals surface area contributed by atoms with Gasteiger partial charge in [-0.2, -0.15) is 0 Å². The summed E-state index contributed by atoms with van der Waals surface area (Å²) < 4.78 is 12.9. The van der Waals surface area contributed by atoms with Crippen LogP contribution in [-0.4, -0.2) is 26.9 Å². The van der Waals surface area contributed by atoms with E-state index in [9.17, 15) is 0 Å². The summed E-state index contributed by atoms with van der Waals surface area (Å²) in [5, 5.41) is 0. The molecule has 0 bridgehead atoms. The molecular formula is C32H34N2O2. The van der Waals surface area contributed by atoms with Crippen LogP contribution < -0.4 is 19.3 Å². The van der Waals surface area contributed by atoms with Crippen molar-refractivity contribution < 1.29 is 9.47 Å². The minimum Gasteiger partial charge on any atom is -0.493 e. The molecule has 184 valence electrons. The Morgan fingerprint density at radius 1 is 0.806 bits per heavy atom. The zero-order valence-corrected chi connectivity index (χ0v) is 22.2. The number of para-hydroxylation sites is 3. The van der Waals surface area contributed by atoms with Gasteiger partial charge in [0.15, 0.2) is 11.5 Å². The third kappa shape index (κ3) is 2.76. The van der Waals surface area contributed by atoms with Crippen LogP contribution in [0.3, 0.4) is 0 Å². The second-order valence-electron chi connectivity index (χ2n) is 11.2. The predicted octanol–water partition coefficient (Wildman–Crippen LogP) is 6.91. The van der Waals surface area contributed by atoms with Crippen molar-refractivity contribution in [1.82, 2.24) is 0 Å². The number of allylic oxidation sites excluding steroid dienone is 3. The average Bonchev–Trinajstić information content (AvgIpc) is 3.17. The Labute approximate surface area is 214 Å². The molecule has 3 heterocycles. The average molecular weight is 479 g/mol. The highest BCUT2D eigenvalue weighted by Crippen LogP contribution is 2.57. The van der Waals surface area contributed by atoms with Crippen molar-refractivity contribution >= 4 is 16.9 Å². The zero-order chi connectivity index (χ0) is 25.5. The molecule has 0 saturated heterocycles. The largest absolute Gasteiger partial charge is 0.493 e. The van der Waals surface area contributed by atoms with Crippen LogP contribution in [0.15, 0.2) is 84.6 Å². The Kier molecular flexibility index (Phi) is 4.70. The van der Waals surface area contributed by atoms with Crippen LogP contribution in [0.2, 0.25) is 0 Å². The van der Waals surface area contributed by atoms with E-state index in [0.717, 1.165) is 22.6 Å². The summed E-state index contributed by atoms with van der Waals surface area (Å²) in [7, 11) is 6.02. The van der Waals surface area contributed by atoms with Crippen molar-refractivity contribution in [3.8, 4) is 11.5 Å². The molecule has 4 heteroatoms. The summed E-state index contributed by atoms with van der Waals surface area (Å²) in [5.41, 5.74) is 7.38. The molecule has 0 amide bonds.